The van der Waals surface area contributed by atoms with Crippen molar-refractivity contribution in [2.75, 3.05) is 0 Å². The normalized spacial score (nSPS) is 30.6. The summed E-state index contributed by atoms with van der Waals surface area (Å²) in [6.45, 7) is 3.30. The van der Waals surface area contributed by atoms with Crippen LogP contribution in [0.25, 0.3) is 0 Å². The number of allylic oxidation sites excluding steroid dienone is 2. The van der Waals surface area contributed by atoms with Gasteiger partial charge in [0.2, 0.25) is 0 Å². The molecule has 2 atom stereocenters. The van der Waals surface area contributed by atoms with Crippen LogP contribution >= 0.6 is 0 Å². The molecule has 14 heavy (non-hydrogen) atoms. The molecule has 0 bridgehead atoms. The predicted molar refractivity (Wildman–Crippen MR) is 43.6 cm³/mol. The van der Waals surface area contributed by atoms with Crippen molar-refractivity contribution in [1.29, 1.82) is 0 Å². The number of carboxylic acid groups (broad SMARTS) is 1. The lowest BCUT2D eigenvalue weighted by atomic mass is 10.1. The van der Waals surface area contributed by atoms with Crippen LogP contribution in [0.1, 0.15) is 13.8 Å². The highest BCUT2D eigenvalue weighted by Crippen LogP contribution is 2.59. The summed E-state index contributed by atoms with van der Waals surface area (Å²) in [5.41, 5.74) is -0.562. The monoisotopic (exact) mass is 208 g/mol. The topological polar surface area (TPSA) is 37.3 Å². The maximum absolute atomic E-state index is 11.8. The fourth-order valence-electron chi connectivity index (χ4n) is 1.72. The van der Waals surface area contributed by atoms with Crippen molar-refractivity contribution >= 4 is 5.97 Å². The van der Waals surface area contributed by atoms with Crippen molar-refractivity contribution in [3.05, 3.63) is 12.2 Å². The van der Waals surface area contributed by atoms with Gasteiger partial charge in [-0.2, -0.15) is 13.2 Å². The predicted octanol–water partition coefficient (Wildman–Crippen LogP) is 2.46. The van der Waals surface area contributed by atoms with Gasteiger partial charge in [0.15, 0.2) is 0 Å². The third-order valence-corrected chi connectivity index (χ3v) is 2.67. The minimum atomic E-state index is -4.36. The molecule has 1 saturated carbocycles. The van der Waals surface area contributed by atoms with Crippen LogP contribution in [-0.4, -0.2) is 17.3 Å². The summed E-state index contributed by atoms with van der Waals surface area (Å²) in [7, 11) is 0. The molecular formula is C9H11F3O2. The van der Waals surface area contributed by atoms with E-state index in [2.05, 4.69) is 0 Å². The molecule has 0 amide bonds. The van der Waals surface area contributed by atoms with Crippen molar-refractivity contribution in [2.24, 2.45) is 17.3 Å². The Balaban J connectivity index is 2.67. The number of halogens is 3. The molecule has 5 heteroatoms. The fourth-order valence-corrected chi connectivity index (χ4v) is 1.72. The van der Waals surface area contributed by atoms with Crippen LogP contribution in [0.3, 0.4) is 0 Å². The summed E-state index contributed by atoms with van der Waals surface area (Å²) in [6, 6.07) is 0. The molecule has 0 aromatic heterocycles. The van der Waals surface area contributed by atoms with E-state index in [0.717, 1.165) is 6.08 Å². The first-order valence-corrected chi connectivity index (χ1v) is 4.15. The van der Waals surface area contributed by atoms with Crippen LogP contribution in [0, 0.1) is 17.3 Å². The Hall–Kier alpha value is -1.00. The summed E-state index contributed by atoms with van der Waals surface area (Å²) in [5, 5.41) is 8.67. The largest absolute Gasteiger partial charge is 0.481 e. The Morgan fingerprint density at radius 2 is 1.93 bits per heavy atom. The van der Waals surface area contributed by atoms with Gasteiger partial charge in [-0.25, -0.2) is 0 Å². The number of aliphatic carboxylic acids is 1. The fraction of sp³-hybridized carbons (Fsp3) is 0.667. The van der Waals surface area contributed by atoms with E-state index in [1.165, 1.54) is 0 Å². The lowest BCUT2D eigenvalue weighted by molar-refractivity contribution is -0.139. The molecule has 1 rings (SSSR count). The molecule has 1 N–H and O–H groups in total. The molecule has 0 spiro atoms. The van der Waals surface area contributed by atoms with E-state index in [-0.39, 0.29) is 6.08 Å². The molecule has 0 aromatic carbocycles. The quantitative estimate of drug-likeness (QED) is 0.708. The molecule has 1 aliphatic carbocycles. The standard InChI is InChI=1S/C9H11F3O2/c1-8(2)5(6(8)7(13)14)3-4-9(10,11)12/h3-6H,1-2H3,(H,13,14). The van der Waals surface area contributed by atoms with Crippen LogP contribution in [0.5, 0.6) is 0 Å². The maximum atomic E-state index is 11.8. The molecule has 2 unspecified atom stereocenters. The zero-order valence-electron chi connectivity index (χ0n) is 7.80. The van der Waals surface area contributed by atoms with Crippen molar-refractivity contribution in [3.63, 3.8) is 0 Å². The van der Waals surface area contributed by atoms with Gasteiger partial charge in [-0.05, 0) is 11.3 Å². The van der Waals surface area contributed by atoms with Gasteiger partial charge in [0.1, 0.15) is 0 Å². The third kappa shape index (κ3) is 2.08. The van der Waals surface area contributed by atoms with Crippen molar-refractivity contribution < 1.29 is 23.1 Å². The molecule has 0 heterocycles. The first-order valence-electron chi connectivity index (χ1n) is 4.15. The number of rotatable bonds is 2. The molecule has 0 saturated heterocycles. The van der Waals surface area contributed by atoms with Gasteiger partial charge < -0.3 is 5.11 Å². The van der Waals surface area contributed by atoms with Gasteiger partial charge >= 0.3 is 12.1 Å². The second kappa shape index (κ2) is 3.00. The highest BCUT2D eigenvalue weighted by molar-refractivity contribution is 5.76. The number of alkyl halides is 3. The maximum Gasteiger partial charge on any atom is 0.409 e. The zero-order valence-corrected chi connectivity index (χ0v) is 7.80. The molecular weight excluding hydrogens is 197 g/mol. The Bertz CT molecular complexity index is 278. The number of hydrogen-bond donors (Lipinski definition) is 1. The average Bonchev–Trinajstić information content (AvgIpc) is 2.47. The first kappa shape index (κ1) is 11.1. The van der Waals surface area contributed by atoms with E-state index < -0.39 is 29.4 Å². The van der Waals surface area contributed by atoms with E-state index in [1.54, 1.807) is 13.8 Å². The Kier molecular flexibility index (Phi) is 2.37. The van der Waals surface area contributed by atoms with Gasteiger partial charge in [-0.1, -0.05) is 19.9 Å². The highest BCUT2D eigenvalue weighted by atomic mass is 19.4. The Morgan fingerprint density at radius 3 is 2.21 bits per heavy atom. The van der Waals surface area contributed by atoms with Crippen LogP contribution in [0.2, 0.25) is 0 Å². The van der Waals surface area contributed by atoms with E-state index in [4.69, 9.17) is 5.11 Å². The van der Waals surface area contributed by atoms with E-state index >= 15 is 0 Å². The lowest BCUT2D eigenvalue weighted by Crippen LogP contribution is -2.03. The summed E-state index contributed by atoms with van der Waals surface area (Å²) >= 11 is 0. The van der Waals surface area contributed by atoms with E-state index in [1.807, 2.05) is 0 Å². The van der Waals surface area contributed by atoms with Gasteiger partial charge in [0.25, 0.3) is 0 Å². The van der Waals surface area contributed by atoms with Gasteiger partial charge in [0, 0.05) is 6.08 Å². The molecule has 0 radical (unpaired) electrons. The molecule has 1 aliphatic rings. The Labute approximate surface area is 79.4 Å². The molecule has 0 aromatic rings. The van der Waals surface area contributed by atoms with Crippen LogP contribution in [-0.2, 0) is 4.79 Å². The van der Waals surface area contributed by atoms with Crippen LogP contribution in [0.15, 0.2) is 12.2 Å². The third-order valence-electron chi connectivity index (χ3n) is 2.67. The van der Waals surface area contributed by atoms with Gasteiger partial charge in [-0.15, -0.1) is 0 Å². The first-order chi connectivity index (χ1) is 6.16. The second-order valence-electron chi connectivity index (χ2n) is 4.06. The second-order valence-corrected chi connectivity index (χ2v) is 4.06. The summed E-state index contributed by atoms with van der Waals surface area (Å²) in [5.74, 6) is -2.24. The summed E-state index contributed by atoms with van der Waals surface area (Å²) in [4.78, 5) is 10.6. The minimum absolute atomic E-state index is 0.113. The van der Waals surface area contributed by atoms with E-state index in [0.29, 0.717) is 0 Å². The van der Waals surface area contributed by atoms with Crippen molar-refractivity contribution in [1.82, 2.24) is 0 Å². The number of carbonyl (C=O) groups is 1. The summed E-state index contributed by atoms with van der Waals surface area (Å²) < 4.78 is 35.4. The van der Waals surface area contributed by atoms with Gasteiger partial charge in [-0.3, -0.25) is 4.79 Å². The lowest BCUT2D eigenvalue weighted by Gasteiger charge is -1.98. The van der Waals surface area contributed by atoms with Crippen molar-refractivity contribution in [3.8, 4) is 0 Å². The number of carboxylic acids is 1. The summed E-state index contributed by atoms with van der Waals surface area (Å²) in [6.07, 6.45) is -3.30. The molecule has 0 aliphatic heterocycles. The SMILES string of the molecule is CC1(C)C(C=CC(F)(F)F)C1C(=O)O. The minimum Gasteiger partial charge on any atom is -0.481 e. The number of hydrogen-bond acceptors (Lipinski definition) is 1. The van der Waals surface area contributed by atoms with Crippen molar-refractivity contribution in [2.45, 2.75) is 20.0 Å². The zero-order chi connectivity index (χ0) is 11.1. The highest BCUT2D eigenvalue weighted by Gasteiger charge is 2.60. The molecule has 2 nitrogen and oxygen atoms in total. The van der Waals surface area contributed by atoms with Crippen LogP contribution < -0.4 is 0 Å². The smallest absolute Gasteiger partial charge is 0.409 e. The van der Waals surface area contributed by atoms with Gasteiger partial charge in [0.05, 0.1) is 5.92 Å². The van der Waals surface area contributed by atoms with E-state index in [9.17, 15) is 18.0 Å². The van der Waals surface area contributed by atoms with Crippen LogP contribution in [0.4, 0.5) is 13.2 Å². The molecule has 80 valence electrons. The molecule has 1 fully saturated rings. The Morgan fingerprint density at radius 1 is 1.43 bits per heavy atom. The average molecular weight is 208 g/mol.